The number of hydrogen-bond donors (Lipinski definition) is 1. The zero-order chi connectivity index (χ0) is 17.1. The van der Waals surface area contributed by atoms with E-state index in [-0.39, 0.29) is 5.91 Å². The van der Waals surface area contributed by atoms with Gasteiger partial charge in [0.2, 0.25) is 0 Å². The smallest absolute Gasteiger partial charge is 0.276 e. The van der Waals surface area contributed by atoms with Gasteiger partial charge in [-0.05, 0) is 19.4 Å². The van der Waals surface area contributed by atoms with Gasteiger partial charge in [0.1, 0.15) is 0 Å². The average Bonchev–Trinajstić information content (AvgIpc) is 3.15. The van der Waals surface area contributed by atoms with Crippen LogP contribution in [0.25, 0.3) is 0 Å². The zero-order valence-corrected chi connectivity index (χ0v) is 14.9. The fraction of sp³-hybridized carbons (Fsp3) is 0.824. The molecule has 1 amide bonds. The highest BCUT2D eigenvalue weighted by Gasteiger charge is 2.32. The van der Waals surface area contributed by atoms with Crippen LogP contribution in [-0.2, 0) is 6.54 Å². The van der Waals surface area contributed by atoms with E-state index in [1.165, 1.54) is 25.8 Å². The topological polar surface area (TPSA) is 69.5 Å². The van der Waals surface area contributed by atoms with E-state index in [9.17, 15) is 4.79 Å². The fourth-order valence-electron chi connectivity index (χ4n) is 4.19. The SMILES string of the molecule is O=C(c1cn(CCN2CCNCC2)nn1)N1CCN2CCCC[C@@H]2C1. The molecule has 8 nitrogen and oxygen atoms in total. The van der Waals surface area contributed by atoms with Crippen LogP contribution in [0.2, 0.25) is 0 Å². The first-order valence-corrected chi connectivity index (χ1v) is 9.66. The maximum absolute atomic E-state index is 12.8. The van der Waals surface area contributed by atoms with Gasteiger partial charge >= 0.3 is 0 Å². The second-order valence-corrected chi connectivity index (χ2v) is 7.40. The van der Waals surface area contributed by atoms with Crippen LogP contribution in [0.15, 0.2) is 6.20 Å². The number of aromatic nitrogens is 3. The maximum Gasteiger partial charge on any atom is 0.276 e. The molecule has 1 atom stereocenters. The number of fused-ring (bicyclic) bond motifs is 1. The van der Waals surface area contributed by atoms with Crippen molar-refractivity contribution in [3.05, 3.63) is 11.9 Å². The predicted octanol–water partition coefficient (Wildman–Crippen LogP) is -0.506. The molecule has 1 N–H and O–H groups in total. The summed E-state index contributed by atoms with van der Waals surface area (Å²) in [5, 5.41) is 11.7. The quantitative estimate of drug-likeness (QED) is 0.791. The van der Waals surface area contributed by atoms with E-state index in [1.807, 2.05) is 15.8 Å². The van der Waals surface area contributed by atoms with Crippen molar-refractivity contribution in [3.8, 4) is 0 Å². The van der Waals surface area contributed by atoms with Crippen molar-refractivity contribution < 1.29 is 4.79 Å². The third-order valence-corrected chi connectivity index (χ3v) is 5.74. The standard InChI is InChI=1S/C17H29N7O/c25-17(23-11-10-22-6-2-1-3-15(22)13-23)16-14-24(20-19-16)12-9-21-7-4-18-5-8-21/h14-15,18H,1-13H2/t15-/m1/s1. The molecule has 0 saturated carbocycles. The van der Waals surface area contributed by atoms with Gasteiger partial charge < -0.3 is 10.2 Å². The van der Waals surface area contributed by atoms with E-state index in [2.05, 4.69) is 25.4 Å². The van der Waals surface area contributed by atoms with E-state index in [1.54, 1.807) is 0 Å². The molecule has 8 heteroatoms. The molecule has 0 bridgehead atoms. The molecule has 0 aromatic carbocycles. The zero-order valence-electron chi connectivity index (χ0n) is 14.9. The number of nitrogens with one attached hydrogen (secondary N) is 1. The highest BCUT2D eigenvalue weighted by Crippen LogP contribution is 2.21. The van der Waals surface area contributed by atoms with Crippen molar-refractivity contribution >= 4 is 5.91 Å². The van der Waals surface area contributed by atoms with E-state index >= 15 is 0 Å². The molecule has 1 aromatic heterocycles. The van der Waals surface area contributed by atoms with E-state index in [0.29, 0.717) is 11.7 Å². The summed E-state index contributed by atoms with van der Waals surface area (Å²) >= 11 is 0. The lowest BCUT2D eigenvalue weighted by Crippen LogP contribution is -2.56. The average molecular weight is 347 g/mol. The van der Waals surface area contributed by atoms with Gasteiger partial charge in [-0.25, -0.2) is 0 Å². The van der Waals surface area contributed by atoms with Crippen molar-refractivity contribution in [1.29, 1.82) is 0 Å². The molecule has 0 unspecified atom stereocenters. The summed E-state index contributed by atoms with van der Waals surface area (Å²) < 4.78 is 1.81. The van der Waals surface area contributed by atoms with Gasteiger partial charge in [-0.2, -0.15) is 0 Å². The predicted molar refractivity (Wildman–Crippen MR) is 94.4 cm³/mol. The third kappa shape index (κ3) is 4.02. The van der Waals surface area contributed by atoms with Crippen molar-refractivity contribution in [2.45, 2.75) is 31.8 Å². The van der Waals surface area contributed by atoms with Gasteiger partial charge in [0, 0.05) is 58.4 Å². The number of nitrogens with zero attached hydrogens (tertiary/aromatic N) is 6. The second kappa shape index (κ2) is 7.80. The Labute approximate surface area is 149 Å². The van der Waals surface area contributed by atoms with Crippen LogP contribution in [0.4, 0.5) is 0 Å². The van der Waals surface area contributed by atoms with Crippen molar-refractivity contribution in [1.82, 2.24) is 35.0 Å². The number of rotatable bonds is 4. The summed E-state index contributed by atoms with van der Waals surface area (Å²) in [6.45, 7) is 9.83. The first-order valence-electron chi connectivity index (χ1n) is 9.66. The molecule has 4 heterocycles. The molecule has 25 heavy (non-hydrogen) atoms. The lowest BCUT2D eigenvalue weighted by molar-refractivity contribution is 0.0368. The van der Waals surface area contributed by atoms with Crippen LogP contribution in [0.3, 0.4) is 0 Å². The number of carbonyl (C=O) groups excluding carboxylic acids is 1. The summed E-state index contributed by atoms with van der Waals surface area (Å²) in [5.41, 5.74) is 0.490. The molecule has 3 aliphatic rings. The lowest BCUT2D eigenvalue weighted by Gasteiger charge is -2.43. The van der Waals surface area contributed by atoms with Crippen LogP contribution < -0.4 is 5.32 Å². The number of hydrogen-bond acceptors (Lipinski definition) is 6. The molecular weight excluding hydrogens is 318 g/mol. The number of piperazine rings is 2. The molecule has 4 rings (SSSR count). The van der Waals surface area contributed by atoms with Crippen LogP contribution in [0.1, 0.15) is 29.8 Å². The summed E-state index contributed by atoms with van der Waals surface area (Å²) in [6, 6.07) is 0.536. The van der Waals surface area contributed by atoms with Gasteiger partial charge in [-0.15, -0.1) is 5.10 Å². The monoisotopic (exact) mass is 347 g/mol. The molecule has 3 saturated heterocycles. The van der Waals surface area contributed by atoms with Gasteiger partial charge in [0.05, 0.1) is 12.7 Å². The Morgan fingerprint density at radius 2 is 2.00 bits per heavy atom. The summed E-state index contributed by atoms with van der Waals surface area (Å²) in [5.74, 6) is 0.0404. The maximum atomic E-state index is 12.8. The van der Waals surface area contributed by atoms with Crippen LogP contribution in [0, 0.1) is 0 Å². The van der Waals surface area contributed by atoms with Gasteiger partial charge in [0.15, 0.2) is 5.69 Å². The minimum atomic E-state index is 0.0404. The van der Waals surface area contributed by atoms with Gasteiger partial charge in [-0.3, -0.25) is 19.3 Å². The van der Waals surface area contributed by atoms with Crippen LogP contribution in [-0.4, -0.2) is 101 Å². The molecule has 3 aliphatic heterocycles. The summed E-state index contributed by atoms with van der Waals surface area (Å²) in [7, 11) is 0. The van der Waals surface area contributed by atoms with Crippen molar-refractivity contribution in [2.24, 2.45) is 0 Å². The minimum absolute atomic E-state index is 0.0404. The van der Waals surface area contributed by atoms with E-state index in [4.69, 9.17) is 0 Å². The van der Waals surface area contributed by atoms with Gasteiger partial charge in [0.25, 0.3) is 5.91 Å². The Balaban J connectivity index is 1.31. The molecule has 0 radical (unpaired) electrons. The minimum Gasteiger partial charge on any atom is -0.334 e. The van der Waals surface area contributed by atoms with Gasteiger partial charge in [-0.1, -0.05) is 11.6 Å². The largest absolute Gasteiger partial charge is 0.334 e. The molecule has 3 fully saturated rings. The number of amides is 1. The second-order valence-electron chi connectivity index (χ2n) is 7.40. The van der Waals surface area contributed by atoms with Crippen LogP contribution >= 0.6 is 0 Å². The molecule has 1 aromatic rings. The molecular formula is C17H29N7O. The highest BCUT2D eigenvalue weighted by molar-refractivity contribution is 5.92. The summed E-state index contributed by atoms with van der Waals surface area (Å²) in [4.78, 5) is 19.7. The molecule has 0 aliphatic carbocycles. The third-order valence-electron chi connectivity index (χ3n) is 5.74. The Bertz CT molecular complexity index is 583. The number of carbonyl (C=O) groups is 1. The number of piperidine rings is 1. The summed E-state index contributed by atoms with van der Waals surface area (Å²) in [6.07, 6.45) is 5.61. The van der Waals surface area contributed by atoms with E-state index < -0.39 is 0 Å². The normalized spacial score (nSPS) is 25.8. The lowest BCUT2D eigenvalue weighted by atomic mass is 9.99. The van der Waals surface area contributed by atoms with E-state index in [0.717, 1.165) is 58.9 Å². The fourth-order valence-corrected chi connectivity index (χ4v) is 4.19. The Kier molecular flexibility index (Phi) is 5.28. The molecule has 0 spiro atoms. The first-order chi connectivity index (χ1) is 12.3. The highest BCUT2D eigenvalue weighted by atomic mass is 16.2. The molecule has 138 valence electrons. The van der Waals surface area contributed by atoms with Crippen LogP contribution in [0.5, 0.6) is 0 Å². The van der Waals surface area contributed by atoms with Crippen molar-refractivity contribution in [3.63, 3.8) is 0 Å². The first kappa shape index (κ1) is 16.9. The Morgan fingerprint density at radius 3 is 2.88 bits per heavy atom. The Morgan fingerprint density at radius 1 is 1.12 bits per heavy atom. The van der Waals surface area contributed by atoms with Crippen molar-refractivity contribution in [2.75, 3.05) is 58.9 Å². The Hall–Kier alpha value is -1.51.